The van der Waals surface area contributed by atoms with E-state index in [1.165, 1.54) is 9.80 Å². The van der Waals surface area contributed by atoms with Gasteiger partial charge >= 0.3 is 0 Å². The molecule has 10 nitrogen and oxygen atoms in total. The highest BCUT2D eigenvalue weighted by atomic mass is 16.2. The summed E-state index contributed by atoms with van der Waals surface area (Å²) in [7, 11) is 0. The molecular formula is C26H42N4O6. The maximum absolute atomic E-state index is 13.0. The molecule has 0 bridgehead atoms. The Kier molecular flexibility index (Phi) is 9.79. The van der Waals surface area contributed by atoms with Gasteiger partial charge in [-0.15, -0.1) is 0 Å². The predicted molar refractivity (Wildman–Crippen MR) is 133 cm³/mol. The number of likely N-dealkylation sites (tertiary alicyclic amines) is 2. The van der Waals surface area contributed by atoms with Crippen molar-refractivity contribution < 1.29 is 28.8 Å². The minimum absolute atomic E-state index is 0.288. The molecule has 0 saturated carbocycles. The molecular weight excluding hydrogens is 464 g/mol. The number of hydrogen-bond donors (Lipinski definition) is 2. The lowest BCUT2D eigenvalue weighted by Crippen LogP contribution is -2.61. The normalized spacial score (nSPS) is 20.9. The highest BCUT2D eigenvalue weighted by molar-refractivity contribution is 6.38. The monoisotopic (exact) mass is 506 g/mol. The number of nitrogens with zero attached hydrogens (tertiary/aromatic N) is 2. The van der Waals surface area contributed by atoms with E-state index in [4.69, 9.17) is 0 Å². The molecule has 0 aromatic heterocycles. The Bertz CT molecular complexity index is 825. The largest absolute Gasteiger partial charge is 0.324 e. The number of carbonyl (C=O) groups is 6. The molecule has 0 unspecified atom stereocenters. The minimum Gasteiger partial charge on any atom is -0.324 e. The molecule has 2 N–H and O–H groups in total. The molecule has 2 saturated heterocycles. The second kappa shape index (κ2) is 12.0. The van der Waals surface area contributed by atoms with E-state index in [-0.39, 0.29) is 13.1 Å². The van der Waals surface area contributed by atoms with Crippen molar-refractivity contribution >= 4 is 35.2 Å². The van der Waals surface area contributed by atoms with Gasteiger partial charge in [0.15, 0.2) is 0 Å². The molecule has 0 aromatic carbocycles. The summed E-state index contributed by atoms with van der Waals surface area (Å²) in [6.45, 7) is 11.1. The molecule has 2 atom stereocenters. The van der Waals surface area contributed by atoms with Gasteiger partial charge in [0.2, 0.25) is 11.6 Å². The van der Waals surface area contributed by atoms with Gasteiger partial charge in [-0.2, -0.15) is 0 Å². The van der Waals surface area contributed by atoms with Crippen LogP contribution in [0.2, 0.25) is 0 Å². The van der Waals surface area contributed by atoms with Gasteiger partial charge in [0.05, 0.1) is 0 Å². The van der Waals surface area contributed by atoms with Gasteiger partial charge in [0.25, 0.3) is 23.6 Å². The van der Waals surface area contributed by atoms with Crippen LogP contribution in [0.1, 0.15) is 92.9 Å². The Hall–Kier alpha value is -2.78. The Morgan fingerprint density at radius 2 is 0.972 bits per heavy atom. The van der Waals surface area contributed by atoms with Gasteiger partial charge in [0.1, 0.15) is 12.1 Å². The zero-order chi connectivity index (χ0) is 27.3. The smallest absolute Gasteiger partial charge is 0.291 e. The highest BCUT2D eigenvalue weighted by Crippen LogP contribution is 2.26. The van der Waals surface area contributed by atoms with Gasteiger partial charge in [-0.05, 0) is 51.4 Å². The number of nitrogens with one attached hydrogen (secondary N) is 2. The fourth-order valence-electron chi connectivity index (χ4n) is 4.35. The van der Waals surface area contributed by atoms with Crippen LogP contribution >= 0.6 is 0 Å². The quantitative estimate of drug-likeness (QED) is 0.382. The number of Topliss-reactive ketones (excluding diaryl/α,β-unsaturated/α-hetero) is 2. The zero-order valence-corrected chi connectivity index (χ0v) is 22.6. The Morgan fingerprint density at radius 3 is 1.28 bits per heavy atom. The predicted octanol–water partition coefficient (Wildman–Crippen LogP) is 1.91. The average Bonchev–Trinajstić information content (AvgIpc) is 2.89. The van der Waals surface area contributed by atoms with E-state index in [0.717, 1.165) is 0 Å². The summed E-state index contributed by atoms with van der Waals surface area (Å²) in [6.07, 6.45) is 4.53. The summed E-state index contributed by atoms with van der Waals surface area (Å²) < 4.78 is 0. The molecule has 2 heterocycles. The van der Waals surface area contributed by atoms with Crippen molar-refractivity contribution in [3.8, 4) is 0 Å². The third-order valence-corrected chi connectivity index (χ3v) is 7.83. The standard InChI is InChI=1S/C26H42N4O6/c1-7-25(3,4)19(31)23(35)29-15-11-9-13-17(29)21(33)27-28-22(34)18-14-10-12-16-30(18)24(36)20(32)26(5,6)8-2/h17-18H,7-16H2,1-6H3,(H,27,33)(H,28,34)/t17-,18-/m0/s1. The third kappa shape index (κ3) is 6.50. The molecule has 0 radical (unpaired) electrons. The van der Waals surface area contributed by atoms with E-state index >= 15 is 0 Å². The Morgan fingerprint density at radius 1 is 0.639 bits per heavy atom. The number of hydrogen-bond acceptors (Lipinski definition) is 6. The molecule has 0 spiro atoms. The van der Waals surface area contributed by atoms with E-state index in [9.17, 15) is 28.8 Å². The van der Waals surface area contributed by atoms with Crippen molar-refractivity contribution in [3.05, 3.63) is 0 Å². The second-order valence-corrected chi connectivity index (χ2v) is 11.1. The lowest BCUT2D eigenvalue weighted by atomic mass is 9.84. The topological polar surface area (TPSA) is 133 Å². The molecule has 2 aliphatic rings. The van der Waals surface area contributed by atoms with E-state index in [1.54, 1.807) is 27.7 Å². The van der Waals surface area contributed by atoms with Crippen LogP contribution in [0, 0.1) is 10.8 Å². The molecule has 10 heteroatoms. The summed E-state index contributed by atoms with van der Waals surface area (Å²) in [4.78, 5) is 79.8. The van der Waals surface area contributed by atoms with Gasteiger partial charge in [-0.25, -0.2) is 0 Å². The van der Waals surface area contributed by atoms with Crippen LogP contribution in [-0.4, -0.2) is 70.2 Å². The van der Waals surface area contributed by atoms with E-state index in [2.05, 4.69) is 10.9 Å². The van der Waals surface area contributed by atoms with Crippen molar-refractivity contribution in [2.45, 2.75) is 105 Å². The molecule has 0 aliphatic carbocycles. The Balaban J connectivity index is 2.07. The summed E-state index contributed by atoms with van der Waals surface area (Å²) in [5, 5.41) is 0. The van der Waals surface area contributed by atoms with Crippen LogP contribution in [0.3, 0.4) is 0 Å². The van der Waals surface area contributed by atoms with Crippen LogP contribution in [0.25, 0.3) is 0 Å². The van der Waals surface area contributed by atoms with Crippen molar-refractivity contribution in [2.75, 3.05) is 13.1 Å². The summed E-state index contributed by atoms with van der Waals surface area (Å²) in [5.41, 5.74) is 3.12. The van der Waals surface area contributed by atoms with Gasteiger partial charge in [-0.3, -0.25) is 39.6 Å². The molecule has 2 fully saturated rings. The number of carbonyl (C=O) groups excluding carboxylic acids is 6. The molecule has 202 valence electrons. The summed E-state index contributed by atoms with van der Waals surface area (Å²) >= 11 is 0. The van der Waals surface area contributed by atoms with Crippen LogP contribution in [0.15, 0.2) is 0 Å². The first kappa shape index (κ1) is 29.5. The first-order chi connectivity index (χ1) is 16.8. The van der Waals surface area contributed by atoms with Gasteiger partial charge in [-0.1, -0.05) is 41.5 Å². The fraction of sp³-hybridized carbons (Fsp3) is 0.769. The Labute approximate surface area is 213 Å². The number of rotatable bonds is 8. The van der Waals surface area contributed by atoms with Crippen LogP contribution in [-0.2, 0) is 28.8 Å². The van der Waals surface area contributed by atoms with Crippen LogP contribution < -0.4 is 10.9 Å². The maximum Gasteiger partial charge on any atom is 0.291 e. The summed E-state index contributed by atoms with van der Waals surface area (Å²) in [5.74, 6) is -3.62. The minimum atomic E-state index is -0.876. The second-order valence-electron chi connectivity index (χ2n) is 11.1. The van der Waals surface area contributed by atoms with E-state index < -0.39 is 58.1 Å². The third-order valence-electron chi connectivity index (χ3n) is 7.83. The number of amides is 4. The molecule has 2 rings (SSSR count). The highest BCUT2D eigenvalue weighted by Gasteiger charge is 2.42. The van der Waals surface area contributed by atoms with Gasteiger partial charge in [0, 0.05) is 23.9 Å². The fourth-order valence-corrected chi connectivity index (χ4v) is 4.35. The van der Waals surface area contributed by atoms with Crippen molar-refractivity contribution in [1.29, 1.82) is 0 Å². The van der Waals surface area contributed by atoms with E-state index in [1.807, 2.05) is 13.8 Å². The molecule has 36 heavy (non-hydrogen) atoms. The zero-order valence-electron chi connectivity index (χ0n) is 22.6. The SMILES string of the molecule is CCC(C)(C)C(=O)C(=O)N1CCCC[C@H]1C(=O)NNC(=O)[C@@H]1CCCCN1C(=O)C(=O)C(C)(C)CC. The first-order valence-electron chi connectivity index (χ1n) is 13.1. The molecule has 4 amide bonds. The number of ketones is 2. The van der Waals surface area contributed by atoms with Crippen LogP contribution in [0.4, 0.5) is 0 Å². The van der Waals surface area contributed by atoms with Crippen molar-refractivity contribution in [1.82, 2.24) is 20.7 Å². The van der Waals surface area contributed by atoms with Crippen molar-refractivity contribution in [2.24, 2.45) is 10.8 Å². The maximum atomic E-state index is 13.0. The first-order valence-corrected chi connectivity index (χ1v) is 13.1. The van der Waals surface area contributed by atoms with Crippen LogP contribution in [0.5, 0.6) is 0 Å². The average molecular weight is 507 g/mol. The van der Waals surface area contributed by atoms with E-state index in [0.29, 0.717) is 51.4 Å². The number of hydrazine groups is 1. The molecule has 2 aliphatic heterocycles. The van der Waals surface area contributed by atoms with Gasteiger partial charge < -0.3 is 9.80 Å². The lowest BCUT2D eigenvalue weighted by Gasteiger charge is -2.37. The summed E-state index contributed by atoms with van der Waals surface area (Å²) in [6, 6.07) is -1.75. The van der Waals surface area contributed by atoms with Crippen molar-refractivity contribution in [3.63, 3.8) is 0 Å². The number of piperidine rings is 2. The molecule has 0 aromatic rings. The lowest BCUT2D eigenvalue weighted by molar-refractivity contribution is -0.155.